The van der Waals surface area contributed by atoms with E-state index in [1.54, 1.807) is 13.8 Å². The summed E-state index contributed by atoms with van der Waals surface area (Å²) in [6, 6.07) is 3.32. The number of aliphatic hydroxyl groups is 1. The van der Waals surface area contributed by atoms with Crippen LogP contribution in [0.2, 0.25) is 0 Å². The van der Waals surface area contributed by atoms with Crippen LogP contribution in [0, 0.1) is 11.6 Å². The molecule has 1 aromatic carbocycles. The first-order chi connectivity index (χ1) is 8.40. The summed E-state index contributed by atoms with van der Waals surface area (Å²) >= 11 is 0. The molecule has 0 saturated heterocycles. The molecule has 2 atom stereocenters. The second-order valence-electron chi connectivity index (χ2n) is 4.42. The summed E-state index contributed by atoms with van der Waals surface area (Å²) in [5, 5.41) is 11.5. The van der Waals surface area contributed by atoms with Gasteiger partial charge in [-0.2, -0.15) is 0 Å². The predicted octanol–water partition coefficient (Wildman–Crippen LogP) is 1.96. The third kappa shape index (κ3) is 4.41. The van der Waals surface area contributed by atoms with Crippen LogP contribution < -0.4 is 5.32 Å². The van der Waals surface area contributed by atoms with Gasteiger partial charge in [0.25, 0.3) is 0 Å². The van der Waals surface area contributed by atoms with Crippen LogP contribution >= 0.6 is 0 Å². The van der Waals surface area contributed by atoms with Crippen molar-refractivity contribution in [2.45, 2.75) is 32.3 Å². The average Bonchev–Trinajstić information content (AvgIpc) is 2.26. The molecular weight excluding hydrogens is 240 g/mol. The van der Waals surface area contributed by atoms with E-state index in [-0.39, 0.29) is 24.8 Å². The number of nitrogens with one attached hydrogen (secondary N) is 1. The van der Waals surface area contributed by atoms with Crippen LogP contribution in [0.15, 0.2) is 18.2 Å². The second kappa shape index (κ2) is 6.44. The van der Waals surface area contributed by atoms with Crippen LogP contribution in [0.5, 0.6) is 0 Å². The van der Waals surface area contributed by atoms with Gasteiger partial charge in [-0.1, -0.05) is 13.0 Å². The Hall–Kier alpha value is -1.49. The van der Waals surface area contributed by atoms with Gasteiger partial charge in [0.2, 0.25) is 5.91 Å². The standard InChI is InChI=1S/C13H17F2NO2/c1-8(5-13(18)16-7-9(2)17)11-4-3-10(14)6-12(11)15/h3-4,6,8-9,17H,5,7H2,1-2H3,(H,16,18). The molecule has 3 nitrogen and oxygen atoms in total. The Balaban J connectivity index is 2.59. The molecule has 0 radical (unpaired) electrons. The van der Waals surface area contributed by atoms with Crippen LogP contribution in [0.4, 0.5) is 8.78 Å². The lowest BCUT2D eigenvalue weighted by Crippen LogP contribution is -2.31. The minimum atomic E-state index is -0.647. The van der Waals surface area contributed by atoms with Crippen molar-refractivity contribution in [3.63, 3.8) is 0 Å². The van der Waals surface area contributed by atoms with Gasteiger partial charge in [-0.3, -0.25) is 4.79 Å². The van der Waals surface area contributed by atoms with Gasteiger partial charge in [0.05, 0.1) is 6.10 Å². The van der Waals surface area contributed by atoms with Gasteiger partial charge < -0.3 is 10.4 Å². The van der Waals surface area contributed by atoms with Crippen molar-refractivity contribution in [2.75, 3.05) is 6.54 Å². The molecule has 1 aromatic rings. The summed E-state index contributed by atoms with van der Waals surface area (Å²) in [5.74, 6) is -1.90. The maximum Gasteiger partial charge on any atom is 0.220 e. The van der Waals surface area contributed by atoms with E-state index < -0.39 is 17.7 Å². The lowest BCUT2D eigenvalue weighted by atomic mass is 9.97. The molecule has 0 aliphatic rings. The van der Waals surface area contributed by atoms with Gasteiger partial charge in [-0.25, -0.2) is 8.78 Å². The molecule has 0 heterocycles. The average molecular weight is 257 g/mol. The summed E-state index contributed by atoms with van der Waals surface area (Å²) in [7, 11) is 0. The predicted molar refractivity (Wildman–Crippen MR) is 64.1 cm³/mol. The van der Waals surface area contributed by atoms with Gasteiger partial charge in [0, 0.05) is 19.0 Å². The highest BCUT2D eigenvalue weighted by Crippen LogP contribution is 2.22. The molecule has 1 amide bonds. The van der Waals surface area contributed by atoms with Gasteiger partial charge in [-0.05, 0) is 24.5 Å². The zero-order valence-corrected chi connectivity index (χ0v) is 10.4. The molecule has 1 rings (SSSR count). The Labute approximate surface area is 105 Å². The number of rotatable bonds is 5. The highest BCUT2D eigenvalue weighted by molar-refractivity contribution is 5.76. The van der Waals surface area contributed by atoms with E-state index in [2.05, 4.69) is 5.32 Å². The van der Waals surface area contributed by atoms with E-state index in [1.807, 2.05) is 0 Å². The molecule has 2 unspecified atom stereocenters. The first-order valence-corrected chi connectivity index (χ1v) is 5.80. The number of carbonyl (C=O) groups is 1. The minimum absolute atomic E-state index is 0.0925. The Bertz CT molecular complexity index is 421. The lowest BCUT2D eigenvalue weighted by molar-refractivity contribution is -0.121. The van der Waals surface area contributed by atoms with Crippen LogP contribution in [0.3, 0.4) is 0 Å². The second-order valence-corrected chi connectivity index (χ2v) is 4.42. The van der Waals surface area contributed by atoms with Crippen LogP contribution in [0.1, 0.15) is 31.7 Å². The molecule has 100 valence electrons. The SMILES string of the molecule is CC(O)CNC(=O)CC(C)c1ccc(F)cc1F. The van der Waals surface area contributed by atoms with Crippen LogP contribution in [-0.4, -0.2) is 23.7 Å². The van der Waals surface area contributed by atoms with Crippen molar-refractivity contribution in [2.24, 2.45) is 0 Å². The maximum absolute atomic E-state index is 13.5. The minimum Gasteiger partial charge on any atom is -0.392 e. The summed E-state index contributed by atoms with van der Waals surface area (Å²) in [4.78, 5) is 11.5. The monoisotopic (exact) mass is 257 g/mol. The number of aliphatic hydroxyl groups excluding tert-OH is 1. The fourth-order valence-electron chi connectivity index (χ4n) is 1.62. The molecule has 0 aromatic heterocycles. The number of hydrogen-bond donors (Lipinski definition) is 2. The molecule has 18 heavy (non-hydrogen) atoms. The Kier molecular flexibility index (Phi) is 5.22. The van der Waals surface area contributed by atoms with Crippen molar-refractivity contribution in [1.82, 2.24) is 5.32 Å². The van der Waals surface area contributed by atoms with Crippen LogP contribution in [0.25, 0.3) is 0 Å². The summed E-state index contributed by atoms with van der Waals surface area (Å²) in [5.41, 5.74) is 0.309. The van der Waals surface area contributed by atoms with Crippen molar-refractivity contribution in [1.29, 1.82) is 0 Å². The Morgan fingerprint density at radius 1 is 1.39 bits per heavy atom. The summed E-state index contributed by atoms with van der Waals surface area (Å²) in [6.07, 6.45) is -0.526. The number of halogens is 2. The quantitative estimate of drug-likeness (QED) is 0.847. The lowest BCUT2D eigenvalue weighted by Gasteiger charge is -2.13. The van der Waals surface area contributed by atoms with Crippen molar-refractivity contribution in [3.8, 4) is 0 Å². The topological polar surface area (TPSA) is 49.3 Å². The van der Waals surface area contributed by atoms with E-state index >= 15 is 0 Å². The van der Waals surface area contributed by atoms with E-state index in [4.69, 9.17) is 5.11 Å². The van der Waals surface area contributed by atoms with Crippen molar-refractivity contribution >= 4 is 5.91 Å². The Morgan fingerprint density at radius 3 is 2.61 bits per heavy atom. The largest absolute Gasteiger partial charge is 0.392 e. The van der Waals surface area contributed by atoms with E-state index in [9.17, 15) is 13.6 Å². The van der Waals surface area contributed by atoms with Gasteiger partial charge in [0.1, 0.15) is 11.6 Å². The molecular formula is C13H17F2NO2. The number of amides is 1. The summed E-state index contributed by atoms with van der Waals surface area (Å²) < 4.78 is 26.2. The zero-order chi connectivity index (χ0) is 13.7. The first kappa shape index (κ1) is 14.6. The highest BCUT2D eigenvalue weighted by atomic mass is 19.1. The molecule has 0 bridgehead atoms. The number of benzene rings is 1. The smallest absolute Gasteiger partial charge is 0.220 e. The third-order valence-corrected chi connectivity index (χ3v) is 2.58. The zero-order valence-electron chi connectivity index (χ0n) is 10.4. The Morgan fingerprint density at radius 2 is 2.06 bits per heavy atom. The molecule has 0 fully saturated rings. The van der Waals surface area contributed by atoms with Crippen molar-refractivity contribution < 1.29 is 18.7 Å². The van der Waals surface area contributed by atoms with E-state index in [0.29, 0.717) is 5.56 Å². The normalized spacial score (nSPS) is 14.1. The molecule has 0 spiro atoms. The number of carbonyl (C=O) groups excluding carboxylic acids is 1. The number of hydrogen-bond acceptors (Lipinski definition) is 2. The molecule has 5 heteroatoms. The molecule has 0 aliphatic heterocycles. The van der Waals surface area contributed by atoms with E-state index in [0.717, 1.165) is 6.07 Å². The highest BCUT2D eigenvalue weighted by Gasteiger charge is 2.15. The van der Waals surface area contributed by atoms with E-state index in [1.165, 1.54) is 12.1 Å². The molecule has 0 saturated carbocycles. The van der Waals surface area contributed by atoms with Gasteiger partial charge >= 0.3 is 0 Å². The van der Waals surface area contributed by atoms with Gasteiger partial charge in [-0.15, -0.1) is 0 Å². The van der Waals surface area contributed by atoms with Crippen molar-refractivity contribution in [3.05, 3.63) is 35.4 Å². The summed E-state index contributed by atoms with van der Waals surface area (Å²) in [6.45, 7) is 3.42. The fourth-order valence-corrected chi connectivity index (χ4v) is 1.62. The fraction of sp³-hybridized carbons (Fsp3) is 0.462. The molecule has 2 N–H and O–H groups in total. The third-order valence-electron chi connectivity index (χ3n) is 2.58. The first-order valence-electron chi connectivity index (χ1n) is 5.80. The van der Waals surface area contributed by atoms with Gasteiger partial charge in [0.15, 0.2) is 0 Å². The maximum atomic E-state index is 13.5. The van der Waals surface area contributed by atoms with Crippen LogP contribution in [-0.2, 0) is 4.79 Å². The molecule has 0 aliphatic carbocycles.